The average molecular weight is 213 g/mol. The third kappa shape index (κ3) is 3.20. The van der Waals surface area contributed by atoms with Crippen LogP contribution in [0.15, 0.2) is 0 Å². The van der Waals surface area contributed by atoms with E-state index in [2.05, 4.69) is 25.7 Å². The standard InChI is InChI=1S/C12H23NO2/c1-8(2)5-9(3)13-6-11(7-13)10(4)12(14)15/h8-11H,5-7H2,1-4H3,(H,14,15). The molecule has 15 heavy (non-hydrogen) atoms. The first-order valence-electron chi connectivity index (χ1n) is 5.88. The minimum atomic E-state index is -0.656. The van der Waals surface area contributed by atoms with Crippen LogP contribution in [-0.4, -0.2) is 35.1 Å². The summed E-state index contributed by atoms with van der Waals surface area (Å²) < 4.78 is 0. The van der Waals surface area contributed by atoms with Crippen LogP contribution in [0.1, 0.15) is 34.1 Å². The van der Waals surface area contributed by atoms with Crippen molar-refractivity contribution in [3.05, 3.63) is 0 Å². The van der Waals surface area contributed by atoms with Gasteiger partial charge in [-0.25, -0.2) is 0 Å². The quantitative estimate of drug-likeness (QED) is 0.760. The number of hydrogen-bond donors (Lipinski definition) is 1. The zero-order chi connectivity index (χ0) is 11.6. The lowest BCUT2D eigenvalue weighted by atomic mass is 9.85. The maximum Gasteiger partial charge on any atom is 0.306 e. The first-order valence-corrected chi connectivity index (χ1v) is 5.88. The molecule has 1 saturated heterocycles. The van der Waals surface area contributed by atoms with Crippen LogP contribution < -0.4 is 0 Å². The first kappa shape index (κ1) is 12.5. The minimum Gasteiger partial charge on any atom is -0.481 e. The SMILES string of the molecule is CC(C)CC(C)N1CC(C(C)C(=O)O)C1. The van der Waals surface area contributed by atoms with Crippen molar-refractivity contribution in [2.75, 3.05) is 13.1 Å². The molecule has 0 aromatic carbocycles. The van der Waals surface area contributed by atoms with Gasteiger partial charge in [-0.1, -0.05) is 20.8 Å². The van der Waals surface area contributed by atoms with Crippen LogP contribution in [0, 0.1) is 17.8 Å². The van der Waals surface area contributed by atoms with Crippen LogP contribution >= 0.6 is 0 Å². The second-order valence-corrected chi connectivity index (χ2v) is 5.32. The number of carbonyl (C=O) groups is 1. The monoisotopic (exact) mass is 213 g/mol. The summed E-state index contributed by atoms with van der Waals surface area (Å²) in [5, 5.41) is 8.87. The molecule has 1 aliphatic heterocycles. The number of likely N-dealkylation sites (tertiary alicyclic amines) is 1. The van der Waals surface area contributed by atoms with Gasteiger partial charge in [0.25, 0.3) is 0 Å². The fraction of sp³-hybridized carbons (Fsp3) is 0.917. The van der Waals surface area contributed by atoms with Gasteiger partial charge in [0, 0.05) is 19.1 Å². The molecule has 0 bridgehead atoms. The van der Waals surface area contributed by atoms with Crippen LogP contribution in [0.3, 0.4) is 0 Å². The third-order valence-electron chi connectivity index (χ3n) is 3.47. The highest BCUT2D eigenvalue weighted by molar-refractivity contribution is 5.70. The van der Waals surface area contributed by atoms with Crippen molar-refractivity contribution in [2.45, 2.75) is 40.2 Å². The van der Waals surface area contributed by atoms with E-state index in [9.17, 15) is 4.79 Å². The van der Waals surface area contributed by atoms with E-state index in [1.165, 1.54) is 6.42 Å². The Morgan fingerprint density at radius 2 is 1.87 bits per heavy atom. The molecule has 1 aliphatic rings. The third-order valence-corrected chi connectivity index (χ3v) is 3.47. The van der Waals surface area contributed by atoms with Gasteiger partial charge >= 0.3 is 5.97 Å². The maximum atomic E-state index is 10.8. The molecule has 88 valence electrons. The summed E-state index contributed by atoms with van der Waals surface area (Å²) in [6.45, 7) is 10.4. The number of rotatable bonds is 5. The van der Waals surface area contributed by atoms with Gasteiger partial charge in [-0.15, -0.1) is 0 Å². The Balaban J connectivity index is 2.28. The molecule has 0 spiro atoms. The number of carboxylic acid groups (broad SMARTS) is 1. The van der Waals surface area contributed by atoms with E-state index in [1.54, 1.807) is 0 Å². The Kier molecular flexibility index (Phi) is 4.14. The molecule has 0 aromatic rings. The Hall–Kier alpha value is -0.570. The first-order chi connectivity index (χ1) is 6.91. The smallest absolute Gasteiger partial charge is 0.306 e. The Morgan fingerprint density at radius 3 is 2.27 bits per heavy atom. The second kappa shape index (κ2) is 4.97. The molecule has 0 aliphatic carbocycles. The number of hydrogen-bond acceptors (Lipinski definition) is 2. The van der Waals surface area contributed by atoms with E-state index >= 15 is 0 Å². The van der Waals surface area contributed by atoms with Crippen LogP contribution in [0.4, 0.5) is 0 Å². The summed E-state index contributed by atoms with van der Waals surface area (Å²) in [6, 6.07) is 0.599. The van der Waals surface area contributed by atoms with Gasteiger partial charge in [0.05, 0.1) is 5.92 Å². The molecule has 0 saturated carbocycles. The van der Waals surface area contributed by atoms with Gasteiger partial charge in [-0.2, -0.15) is 0 Å². The van der Waals surface area contributed by atoms with Crippen molar-refractivity contribution in [1.29, 1.82) is 0 Å². The lowest BCUT2D eigenvalue weighted by molar-refractivity contribution is -0.146. The van der Waals surface area contributed by atoms with Gasteiger partial charge in [-0.05, 0) is 25.2 Å². The van der Waals surface area contributed by atoms with Crippen molar-refractivity contribution >= 4 is 5.97 Å². The molecule has 1 heterocycles. The zero-order valence-electron chi connectivity index (χ0n) is 10.2. The van der Waals surface area contributed by atoms with Crippen molar-refractivity contribution in [2.24, 2.45) is 17.8 Å². The fourth-order valence-corrected chi connectivity index (χ4v) is 2.26. The van der Waals surface area contributed by atoms with E-state index in [0.29, 0.717) is 12.0 Å². The highest BCUT2D eigenvalue weighted by Crippen LogP contribution is 2.27. The van der Waals surface area contributed by atoms with Crippen molar-refractivity contribution in [3.8, 4) is 0 Å². The Bertz CT molecular complexity index is 222. The van der Waals surface area contributed by atoms with Gasteiger partial charge < -0.3 is 5.11 Å². The van der Waals surface area contributed by atoms with Crippen LogP contribution in [-0.2, 0) is 4.79 Å². The lowest BCUT2D eigenvalue weighted by Gasteiger charge is -2.45. The predicted molar refractivity (Wildman–Crippen MR) is 60.8 cm³/mol. The van der Waals surface area contributed by atoms with E-state index in [4.69, 9.17) is 5.11 Å². The molecule has 3 nitrogen and oxygen atoms in total. The van der Waals surface area contributed by atoms with Crippen molar-refractivity contribution < 1.29 is 9.90 Å². The average Bonchev–Trinajstić information content (AvgIpc) is 1.99. The molecule has 1 N–H and O–H groups in total. The largest absolute Gasteiger partial charge is 0.481 e. The minimum absolute atomic E-state index is 0.188. The van der Waals surface area contributed by atoms with Gasteiger partial charge in [-0.3, -0.25) is 9.69 Å². The maximum absolute atomic E-state index is 10.8. The van der Waals surface area contributed by atoms with Crippen LogP contribution in [0.25, 0.3) is 0 Å². The van der Waals surface area contributed by atoms with Crippen LogP contribution in [0.5, 0.6) is 0 Å². The van der Waals surface area contributed by atoms with Crippen LogP contribution in [0.2, 0.25) is 0 Å². The van der Waals surface area contributed by atoms with Crippen molar-refractivity contribution in [1.82, 2.24) is 4.90 Å². The summed E-state index contributed by atoms with van der Waals surface area (Å²) >= 11 is 0. The molecule has 1 fully saturated rings. The topological polar surface area (TPSA) is 40.5 Å². The highest BCUT2D eigenvalue weighted by Gasteiger charge is 2.36. The molecule has 3 heteroatoms. The number of aliphatic carboxylic acids is 1. The van der Waals surface area contributed by atoms with Crippen molar-refractivity contribution in [3.63, 3.8) is 0 Å². The molecule has 0 radical (unpaired) electrons. The van der Waals surface area contributed by atoms with E-state index in [1.807, 2.05) is 6.92 Å². The summed E-state index contributed by atoms with van der Waals surface area (Å²) in [6.07, 6.45) is 1.20. The van der Waals surface area contributed by atoms with Gasteiger partial charge in [0.2, 0.25) is 0 Å². The molecule has 0 aromatic heterocycles. The number of carboxylic acids is 1. The normalized spacial score (nSPS) is 22.5. The highest BCUT2D eigenvalue weighted by atomic mass is 16.4. The summed E-state index contributed by atoms with van der Waals surface area (Å²) in [5.74, 6) is 0.233. The fourth-order valence-electron chi connectivity index (χ4n) is 2.26. The molecule has 2 atom stereocenters. The second-order valence-electron chi connectivity index (χ2n) is 5.32. The Morgan fingerprint density at radius 1 is 1.33 bits per heavy atom. The van der Waals surface area contributed by atoms with Gasteiger partial charge in [0.1, 0.15) is 0 Å². The summed E-state index contributed by atoms with van der Waals surface area (Å²) in [5.41, 5.74) is 0. The van der Waals surface area contributed by atoms with Gasteiger partial charge in [0.15, 0.2) is 0 Å². The van der Waals surface area contributed by atoms with E-state index < -0.39 is 5.97 Å². The molecular weight excluding hydrogens is 190 g/mol. The predicted octanol–water partition coefficient (Wildman–Crippen LogP) is 2.07. The lowest BCUT2D eigenvalue weighted by Crippen LogP contribution is -2.54. The summed E-state index contributed by atoms with van der Waals surface area (Å²) in [7, 11) is 0. The van der Waals surface area contributed by atoms with E-state index in [0.717, 1.165) is 19.0 Å². The summed E-state index contributed by atoms with van der Waals surface area (Å²) in [4.78, 5) is 13.2. The number of nitrogens with zero attached hydrogens (tertiary/aromatic N) is 1. The zero-order valence-corrected chi connectivity index (χ0v) is 10.2. The molecular formula is C12H23NO2. The molecule has 1 rings (SSSR count). The molecule has 0 amide bonds. The Labute approximate surface area is 92.5 Å². The van der Waals surface area contributed by atoms with E-state index in [-0.39, 0.29) is 5.92 Å². The molecule has 2 unspecified atom stereocenters.